The van der Waals surface area contributed by atoms with Crippen LogP contribution in [-0.2, 0) is 14.8 Å². The summed E-state index contributed by atoms with van der Waals surface area (Å²) in [6, 6.07) is 5.88. The predicted octanol–water partition coefficient (Wildman–Crippen LogP) is 2.97. The molecule has 0 aliphatic heterocycles. The van der Waals surface area contributed by atoms with Crippen LogP contribution < -0.4 is 5.32 Å². The fraction of sp³-hybridized carbons (Fsp3) is 0.588. The number of carbonyl (C=O) groups is 1. The number of nitrogens with zero attached hydrogens (tertiary/aromatic N) is 1. The quantitative estimate of drug-likeness (QED) is 0.830. The van der Waals surface area contributed by atoms with Gasteiger partial charge in [0, 0.05) is 12.2 Å². The van der Waals surface area contributed by atoms with E-state index < -0.39 is 10.0 Å². The molecule has 1 aromatic rings. The zero-order valence-electron chi connectivity index (χ0n) is 14.9. The molecule has 0 unspecified atom stereocenters. The van der Waals surface area contributed by atoms with Gasteiger partial charge in [0.05, 0.1) is 12.8 Å². The van der Waals surface area contributed by atoms with Crippen LogP contribution in [0.15, 0.2) is 18.2 Å². The van der Waals surface area contributed by atoms with Crippen LogP contribution in [-0.4, -0.2) is 38.0 Å². The van der Waals surface area contributed by atoms with E-state index in [1.807, 2.05) is 39.0 Å². The van der Waals surface area contributed by atoms with Gasteiger partial charge in [0.1, 0.15) is 0 Å². The fourth-order valence-electron chi connectivity index (χ4n) is 2.41. The number of amides is 1. The summed E-state index contributed by atoms with van der Waals surface area (Å²) in [5.41, 5.74) is 2.80. The Bertz CT molecular complexity index is 652. The van der Waals surface area contributed by atoms with Gasteiger partial charge >= 0.3 is 0 Å². The Morgan fingerprint density at radius 3 is 2.30 bits per heavy atom. The summed E-state index contributed by atoms with van der Waals surface area (Å²) in [6.07, 6.45) is 1.13. The van der Waals surface area contributed by atoms with Gasteiger partial charge in [0.25, 0.3) is 0 Å². The Morgan fingerprint density at radius 1 is 1.22 bits per heavy atom. The average molecular weight is 340 g/mol. The van der Waals surface area contributed by atoms with Gasteiger partial charge in [-0.1, -0.05) is 45.9 Å². The Hall–Kier alpha value is -1.40. The van der Waals surface area contributed by atoms with Crippen LogP contribution in [0.5, 0.6) is 0 Å². The second-order valence-corrected chi connectivity index (χ2v) is 8.67. The lowest BCUT2D eigenvalue weighted by Crippen LogP contribution is -2.39. The van der Waals surface area contributed by atoms with Gasteiger partial charge in [0.2, 0.25) is 15.9 Å². The van der Waals surface area contributed by atoms with Crippen molar-refractivity contribution in [2.45, 2.75) is 40.5 Å². The first-order chi connectivity index (χ1) is 10.5. The van der Waals surface area contributed by atoms with Crippen molar-refractivity contribution in [3.63, 3.8) is 0 Å². The number of sulfonamides is 1. The molecular formula is C17H28N2O3S. The third-order valence-corrected chi connectivity index (χ3v) is 4.77. The Morgan fingerprint density at radius 2 is 1.83 bits per heavy atom. The van der Waals surface area contributed by atoms with Crippen LogP contribution in [0.4, 0.5) is 5.69 Å². The minimum Gasteiger partial charge on any atom is -0.324 e. The summed E-state index contributed by atoms with van der Waals surface area (Å²) in [5.74, 6) is 0.112. The average Bonchev–Trinajstić information content (AvgIpc) is 2.38. The lowest BCUT2D eigenvalue weighted by atomic mass is 9.98. The molecule has 0 fully saturated rings. The summed E-state index contributed by atoms with van der Waals surface area (Å²) in [4.78, 5) is 12.4. The highest BCUT2D eigenvalue weighted by atomic mass is 32.2. The normalized spacial score (nSPS) is 12.2. The number of carbonyl (C=O) groups excluding carboxylic acids is 1. The lowest BCUT2D eigenvalue weighted by molar-refractivity contribution is -0.116. The van der Waals surface area contributed by atoms with Crippen molar-refractivity contribution in [3.8, 4) is 0 Å². The molecule has 0 heterocycles. The van der Waals surface area contributed by atoms with E-state index in [2.05, 4.69) is 19.2 Å². The molecular weight excluding hydrogens is 312 g/mol. The maximum atomic E-state index is 12.4. The zero-order valence-corrected chi connectivity index (χ0v) is 15.7. The molecule has 5 nitrogen and oxygen atoms in total. The van der Waals surface area contributed by atoms with Crippen LogP contribution in [0.2, 0.25) is 0 Å². The van der Waals surface area contributed by atoms with E-state index in [-0.39, 0.29) is 24.3 Å². The van der Waals surface area contributed by atoms with E-state index in [4.69, 9.17) is 0 Å². The lowest BCUT2D eigenvalue weighted by Gasteiger charge is -2.22. The number of benzene rings is 1. The van der Waals surface area contributed by atoms with Crippen molar-refractivity contribution in [3.05, 3.63) is 29.3 Å². The van der Waals surface area contributed by atoms with Crippen molar-refractivity contribution < 1.29 is 13.2 Å². The Balaban J connectivity index is 2.96. The zero-order chi connectivity index (χ0) is 17.8. The first kappa shape index (κ1) is 19.6. The van der Waals surface area contributed by atoms with Crippen molar-refractivity contribution in [2.24, 2.45) is 5.92 Å². The Labute approximate surface area is 140 Å². The van der Waals surface area contributed by atoms with E-state index in [0.717, 1.165) is 23.1 Å². The van der Waals surface area contributed by atoms with Gasteiger partial charge in [-0.3, -0.25) is 4.79 Å². The molecule has 0 spiro atoms. The van der Waals surface area contributed by atoms with Crippen LogP contribution in [0, 0.1) is 12.8 Å². The fourth-order valence-corrected chi connectivity index (χ4v) is 3.33. The largest absolute Gasteiger partial charge is 0.324 e. The van der Waals surface area contributed by atoms with E-state index in [1.165, 1.54) is 4.31 Å². The smallest absolute Gasteiger partial charge is 0.239 e. The third-order valence-electron chi connectivity index (χ3n) is 3.55. The van der Waals surface area contributed by atoms with E-state index in [1.54, 1.807) is 0 Å². The molecule has 1 rings (SSSR count). The number of aryl methyl sites for hydroxylation is 1. The number of hydrogen-bond donors (Lipinski definition) is 1. The number of para-hydroxylation sites is 1. The monoisotopic (exact) mass is 340 g/mol. The van der Waals surface area contributed by atoms with Gasteiger partial charge in [-0.2, -0.15) is 4.31 Å². The molecule has 0 bridgehead atoms. The summed E-state index contributed by atoms with van der Waals surface area (Å²) in [7, 11) is -3.41. The van der Waals surface area contributed by atoms with Gasteiger partial charge in [-0.05, 0) is 29.9 Å². The van der Waals surface area contributed by atoms with Gasteiger partial charge < -0.3 is 5.32 Å². The molecule has 0 saturated heterocycles. The number of nitrogens with one attached hydrogen (secondary N) is 1. The minimum absolute atomic E-state index is 0.155. The summed E-state index contributed by atoms with van der Waals surface area (Å²) in [5, 5.41) is 2.89. The van der Waals surface area contributed by atoms with Crippen LogP contribution in [0.25, 0.3) is 0 Å². The molecule has 23 heavy (non-hydrogen) atoms. The van der Waals surface area contributed by atoms with Gasteiger partial charge in [-0.15, -0.1) is 0 Å². The highest BCUT2D eigenvalue weighted by Gasteiger charge is 2.22. The molecule has 0 aromatic heterocycles. The van der Waals surface area contributed by atoms with Crippen molar-refractivity contribution in [2.75, 3.05) is 24.7 Å². The molecule has 130 valence electrons. The molecule has 0 atom stereocenters. The third kappa shape index (κ3) is 5.95. The minimum atomic E-state index is -3.41. The van der Waals surface area contributed by atoms with Crippen molar-refractivity contribution in [1.82, 2.24) is 4.31 Å². The standard InChI is InChI=1S/C17H28N2O3S/c1-12(2)10-19(23(6,21)22)11-16(20)18-17-14(5)8-7-9-15(17)13(3)4/h7-9,12-13H,10-11H2,1-6H3,(H,18,20). The number of rotatable bonds is 7. The molecule has 0 radical (unpaired) electrons. The van der Waals surface area contributed by atoms with Crippen LogP contribution in [0.3, 0.4) is 0 Å². The summed E-state index contributed by atoms with van der Waals surface area (Å²) < 4.78 is 24.9. The summed E-state index contributed by atoms with van der Waals surface area (Å²) >= 11 is 0. The van der Waals surface area contributed by atoms with Crippen LogP contribution >= 0.6 is 0 Å². The van der Waals surface area contributed by atoms with Crippen LogP contribution in [0.1, 0.15) is 44.7 Å². The number of hydrogen-bond acceptors (Lipinski definition) is 3. The first-order valence-electron chi connectivity index (χ1n) is 7.86. The molecule has 0 aliphatic carbocycles. The molecule has 1 amide bonds. The van der Waals surface area contributed by atoms with E-state index >= 15 is 0 Å². The second kappa shape index (κ2) is 7.93. The number of anilines is 1. The molecule has 0 aliphatic rings. The van der Waals surface area contributed by atoms with Crippen molar-refractivity contribution in [1.29, 1.82) is 0 Å². The highest BCUT2D eigenvalue weighted by Crippen LogP contribution is 2.27. The highest BCUT2D eigenvalue weighted by molar-refractivity contribution is 7.88. The first-order valence-corrected chi connectivity index (χ1v) is 9.71. The maximum Gasteiger partial charge on any atom is 0.239 e. The summed E-state index contributed by atoms with van der Waals surface area (Å²) in [6.45, 7) is 10.1. The van der Waals surface area contributed by atoms with Gasteiger partial charge in [0.15, 0.2) is 0 Å². The van der Waals surface area contributed by atoms with E-state index in [0.29, 0.717) is 6.54 Å². The maximum absolute atomic E-state index is 12.4. The van der Waals surface area contributed by atoms with E-state index in [9.17, 15) is 13.2 Å². The Kier molecular flexibility index (Phi) is 6.77. The second-order valence-electron chi connectivity index (χ2n) is 6.69. The molecule has 0 saturated carbocycles. The van der Waals surface area contributed by atoms with Gasteiger partial charge in [-0.25, -0.2) is 8.42 Å². The molecule has 1 aromatic carbocycles. The molecule has 1 N–H and O–H groups in total. The topological polar surface area (TPSA) is 66.5 Å². The molecule has 6 heteroatoms. The van der Waals surface area contributed by atoms with Crippen molar-refractivity contribution >= 4 is 21.6 Å². The predicted molar refractivity (Wildman–Crippen MR) is 95.2 cm³/mol. The SMILES string of the molecule is Cc1cccc(C(C)C)c1NC(=O)CN(CC(C)C)S(C)(=O)=O.